The van der Waals surface area contributed by atoms with Gasteiger partial charge in [0, 0.05) is 26.2 Å². The van der Waals surface area contributed by atoms with Gasteiger partial charge in [0.2, 0.25) is 0 Å². The number of rotatable bonds is 6. The smallest absolute Gasteiger partial charge is 0.0628 e. The summed E-state index contributed by atoms with van der Waals surface area (Å²) in [4.78, 5) is 2.55. The average molecular weight is 262 g/mol. The van der Waals surface area contributed by atoms with E-state index in [1.807, 2.05) is 0 Å². The lowest BCUT2D eigenvalue weighted by molar-refractivity contribution is 0.136. The summed E-state index contributed by atoms with van der Waals surface area (Å²) in [6.07, 6.45) is 2.46. The first-order valence-corrected chi connectivity index (χ1v) is 7.35. The molecule has 0 fully saturated rings. The SMILES string of the molecule is CCNC(COC)CN1CCCc2ccccc2C1. The summed E-state index contributed by atoms with van der Waals surface area (Å²) in [5.41, 5.74) is 3.02. The lowest BCUT2D eigenvalue weighted by Crippen LogP contribution is -2.43. The number of benzene rings is 1. The summed E-state index contributed by atoms with van der Waals surface area (Å²) in [5.74, 6) is 0. The summed E-state index contributed by atoms with van der Waals surface area (Å²) < 4.78 is 5.31. The minimum atomic E-state index is 0.431. The van der Waals surface area contributed by atoms with Gasteiger partial charge in [-0.3, -0.25) is 4.90 Å². The minimum Gasteiger partial charge on any atom is -0.383 e. The summed E-state index contributed by atoms with van der Waals surface area (Å²) >= 11 is 0. The van der Waals surface area contributed by atoms with Crippen molar-refractivity contribution in [1.82, 2.24) is 10.2 Å². The second kappa shape index (κ2) is 7.63. The molecular formula is C16H26N2O. The van der Waals surface area contributed by atoms with Gasteiger partial charge in [0.25, 0.3) is 0 Å². The summed E-state index contributed by atoms with van der Waals surface area (Å²) in [5, 5.41) is 3.51. The Morgan fingerprint density at radius 2 is 2.11 bits per heavy atom. The van der Waals surface area contributed by atoms with Gasteiger partial charge in [-0.15, -0.1) is 0 Å². The van der Waals surface area contributed by atoms with Gasteiger partial charge < -0.3 is 10.1 Å². The van der Waals surface area contributed by atoms with Gasteiger partial charge in [-0.1, -0.05) is 31.2 Å². The van der Waals surface area contributed by atoms with Crippen LogP contribution in [0.4, 0.5) is 0 Å². The number of likely N-dealkylation sites (N-methyl/N-ethyl adjacent to an activating group) is 1. The molecule has 1 unspecified atom stereocenters. The fraction of sp³-hybridized carbons (Fsp3) is 0.625. The number of hydrogen-bond donors (Lipinski definition) is 1. The van der Waals surface area contributed by atoms with Crippen LogP contribution in [0.25, 0.3) is 0 Å². The number of nitrogens with one attached hydrogen (secondary N) is 1. The topological polar surface area (TPSA) is 24.5 Å². The Hall–Kier alpha value is -0.900. The van der Waals surface area contributed by atoms with Gasteiger partial charge in [-0.2, -0.15) is 0 Å². The number of methoxy groups -OCH3 is 1. The predicted octanol–water partition coefficient (Wildman–Crippen LogP) is 2.06. The average Bonchev–Trinajstić information content (AvgIpc) is 2.61. The van der Waals surface area contributed by atoms with Gasteiger partial charge in [0.1, 0.15) is 0 Å². The number of fused-ring (bicyclic) bond motifs is 1. The van der Waals surface area contributed by atoms with Crippen LogP contribution < -0.4 is 5.32 Å². The van der Waals surface area contributed by atoms with E-state index in [0.717, 1.165) is 26.2 Å². The van der Waals surface area contributed by atoms with E-state index in [9.17, 15) is 0 Å². The molecule has 1 N–H and O–H groups in total. The van der Waals surface area contributed by atoms with E-state index in [0.29, 0.717) is 6.04 Å². The first-order chi connectivity index (χ1) is 9.33. The Kier molecular flexibility index (Phi) is 5.83. The Morgan fingerprint density at radius 1 is 1.32 bits per heavy atom. The zero-order valence-corrected chi connectivity index (χ0v) is 12.2. The van der Waals surface area contributed by atoms with E-state index in [2.05, 4.69) is 41.4 Å². The van der Waals surface area contributed by atoms with Crippen LogP contribution in [0, 0.1) is 0 Å². The molecule has 0 radical (unpaired) electrons. The third kappa shape index (κ3) is 4.30. The largest absolute Gasteiger partial charge is 0.383 e. The van der Waals surface area contributed by atoms with E-state index in [-0.39, 0.29) is 0 Å². The van der Waals surface area contributed by atoms with Gasteiger partial charge in [-0.25, -0.2) is 0 Å². The van der Waals surface area contributed by atoms with Gasteiger partial charge in [0.05, 0.1) is 6.61 Å². The summed E-state index contributed by atoms with van der Waals surface area (Å²) in [7, 11) is 1.78. The second-order valence-electron chi connectivity index (χ2n) is 5.32. The standard InChI is InChI=1S/C16H26N2O/c1-3-17-16(13-19-2)12-18-10-6-9-14-7-4-5-8-15(14)11-18/h4-5,7-8,16-17H,3,6,9-13H2,1-2H3. The highest BCUT2D eigenvalue weighted by Gasteiger charge is 2.17. The monoisotopic (exact) mass is 262 g/mol. The molecule has 1 aliphatic rings. The molecule has 0 bridgehead atoms. The number of aryl methyl sites for hydroxylation is 1. The van der Waals surface area contributed by atoms with Crippen molar-refractivity contribution < 1.29 is 4.74 Å². The van der Waals surface area contributed by atoms with Crippen LogP contribution in [0.3, 0.4) is 0 Å². The third-order valence-corrected chi connectivity index (χ3v) is 3.77. The summed E-state index contributed by atoms with van der Waals surface area (Å²) in [6, 6.07) is 9.28. The molecule has 1 aromatic rings. The van der Waals surface area contributed by atoms with Gasteiger partial charge >= 0.3 is 0 Å². The molecule has 0 spiro atoms. The Labute approximate surface area is 116 Å². The predicted molar refractivity (Wildman–Crippen MR) is 79.4 cm³/mol. The molecule has 3 heteroatoms. The molecule has 2 rings (SSSR count). The van der Waals surface area contributed by atoms with Crippen LogP contribution in [0.5, 0.6) is 0 Å². The van der Waals surface area contributed by atoms with Crippen LogP contribution in [0.2, 0.25) is 0 Å². The van der Waals surface area contributed by atoms with E-state index in [1.165, 1.54) is 30.5 Å². The minimum absolute atomic E-state index is 0.431. The highest BCUT2D eigenvalue weighted by Crippen LogP contribution is 2.18. The lowest BCUT2D eigenvalue weighted by Gasteiger charge is -2.26. The Morgan fingerprint density at radius 3 is 2.84 bits per heavy atom. The van der Waals surface area contributed by atoms with Crippen molar-refractivity contribution >= 4 is 0 Å². The van der Waals surface area contributed by atoms with Crippen LogP contribution in [-0.2, 0) is 17.7 Å². The van der Waals surface area contributed by atoms with Crippen molar-refractivity contribution in [2.75, 3.05) is 33.4 Å². The van der Waals surface area contributed by atoms with E-state index < -0.39 is 0 Å². The number of ether oxygens (including phenoxy) is 1. The number of nitrogens with zero attached hydrogens (tertiary/aromatic N) is 1. The van der Waals surface area contributed by atoms with Crippen LogP contribution >= 0.6 is 0 Å². The van der Waals surface area contributed by atoms with Crippen LogP contribution in [-0.4, -0.2) is 44.3 Å². The van der Waals surface area contributed by atoms with E-state index in [4.69, 9.17) is 4.74 Å². The maximum Gasteiger partial charge on any atom is 0.0628 e. The first kappa shape index (κ1) is 14.5. The van der Waals surface area contributed by atoms with Gasteiger partial charge in [-0.05, 0) is 37.1 Å². The summed E-state index contributed by atoms with van der Waals surface area (Å²) in [6.45, 7) is 7.25. The highest BCUT2D eigenvalue weighted by molar-refractivity contribution is 5.28. The first-order valence-electron chi connectivity index (χ1n) is 7.35. The molecule has 3 nitrogen and oxygen atoms in total. The zero-order valence-electron chi connectivity index (χ0n) is 12.2. The number of hydrogen-bond acceptors (Lipinski definition) is 3. The third-order valence-electron chi connectivity index (χ3n) is 3.77. The van der Waals surface area contributed by atoms with Crippen molar-refractivity contribution in [3.05, 3.63) is 35.4 Å². The van der Waals surface area contributed by atoms with Crippen molar-refractivity contribution in [2.45, 2.75) is 32.4 Å². The fourth-order valence-corrected chi connectivity index (χ4v) is 2.90. The molecule has 1 aliphatic heterocycles. The molecule has 0 aliphatic carbocycles. The molecule has 0 saturated carbocycles. The van der Waals surface area contributed by atoms with Crippen molar-refractivity contribution in [2.24, 2.45) is 0 Å². The molecule has 0 saturated heterocycles. The van der Waals surface area contributed by atoms with Crippen LogP contribution in [0.1, 0.15) is 24.5 Å². The molecule has 0 aromatic heterocycles. The quantitative estimate of drug-likeness (QED) is 0.849. The van der Waals surface area contributed by atoms with Crippen molar-refractivity contribution in [3.63, 3.8) is 0 Å². The fourth-order valence-electron chi connectivity index (χ4n) is 2.90. The Bertz CT molecular complexity index is 375. The maximum atomic E-state index is 5.31. The lowest BCUT2D eigenvalue weighted by atomic mass is 10.0. The van der Waals surface area contributed by atoms with Crippen LogP contribution in [0.15, 0.2) is 24.3 Å². The molecule has 0 amide bonds. The van der Waals surface area contributed by atoms with Gasteiger partial charge in [0.15, 0.2) is 0 Å². The molecular weight excluding hydrogens is 236 g/mol. The Balaban J connectivity index is 1.97. The highest BCUT2D eigenvalue weighted by atomic mass is 16.5. The molecule has 1 aromatic carbocycles. The maximum absolute atomic E-state index is 5.31. The van der Waals surface area contributed by atoms with Crippen molar-refractivity contribution in [1.29, 1.82) is 0 Å². The molecule has 106 valence electrons. The second-order valence-corrected chi connectivity index (χ2v) is 5.32. The molecule has 1 heterocycles. The van der Waals surface area contributed by atoms with E-state index in [1.54, 1.807) is 7.11 Å². The van der Waals surface area contributed by atoms with Crippen molar-refractivity contribution in [3.8, 4) is 0 Å². The molecule has 19 heavy (non-hydrogen) atoms. The molecule has 1 atom stereocenters. The van der Waals surface area contributed by atoms with E-state index >= 15 is 0 Å². The normalized spacial score (nSPS) is 17.8. The zero-order chi connectivity index (χ0) is 13.5.